The minimum absolute atomic E-state index is 0.399. The quantitative estimate of drug-likeness (QED) is 0.770. The van der Waals surface area contributed by atoms with Gasteiger partial charge in [-0.05, 0) is 12.5 Å². The zero-order valence-electron chi connectivity index (χ0n) is 11.9. The number of carboxylic acid groups (broad SMARTS) is 1. The molecule has 0 spiro atoms. The van der Waals surface area contributed by atoms with Crippen LogP contribution in [0.2, 0.25) is 5.02 Å². The minimum Gasteiger partial charge on any atom is -0.495 e. The highest BCUT2D eigenvalue weighted by atomic mass is 35.5. The number of ether oxygens (including phenoxy) is 2. The lowest BCUT2D eigenvalue weighted by atomic mass is 10.1. The molecule has 0 heterocycles. The number of carbonyl (C=O) groups is 1. The van der Waals surface area contributed by atoms with E-state index in [1.54, 1.807) is 12.1 Å². The molecular weight excluding hydrogens is 282 g/mol. The maximum atomic E-state index is 11.3. The van der Waals surface area contributed by atoms with Gasteiger partial charge in [-0.25, -0.2) is 4.79 Å². The normalized spacial score (nSPS) is 11.8. The van der Waals surface area contributed by atoms with Gasteiger partial charge in [-0.2, -0.15) is 0 Å². The average molecular weight is 302 g/mol. The van der Waals surface area contributed by atoms with E-state index in [9.17, 15) is 9.90 Å². The van der Waals surface area contributed by atoms with Crippen molar-refractivity contribution in [2.75, 3.05) is 19.5 Å². The molecule has 1 unspecified atom stereocenters. The first-order chi connectivity index (χ1) is 9.53. The lowest BCUT2D eigenvalue weighted by Gasteiger charge is -2.18. The summed E-state index contributed by atoms with van der Waals surface area (Å²) in [6.45, 7) is 2.02. The molecule has 1 atom stereocenters. The van der Waals surface area contributed by atoms with Gasteiger partial charge in [0.15, 0.2) is 0 Å². The van der Waals surface area contributed by atoms with Crippen LogP contribution in [0, 0.1) is 0 Å². The van der Waals surface area contributed by atoms with E-state index in [0.717, 1.165) is 12.8 Å². The monoisotopic (exact) mass is 301 g/mol. The summed E-state index contributed by atoms with van der Waals surface area (Å²) < 4.78 is 10.3. The van der Waals surface area contributed by atoms with E-state index >= 15 is 0 Å². The first-order valence-electron chi connectivity index (χ1n) is 6.44. The molecule has 20 heavy (non-hydrogen) atoms. The summed E-state index contributed by atoms with van der Waals surface area (Å²) in [5.41, 5.74) is 0.543. The molecule has 0 saturated carbocycles. The van der Waals surface area contributed by atoms with Gasteiger partial charge >= 0.3 is 5.97 Å². The second-order valence-corrected chi connectivity index (χ2v) is 4.77. The fraction of sp³-hybridized carbons (Fsp3) is 0.500. The van der Waals surface area contributed by atoms with Crippen LogP contribution in [0.5, 0.6) is 11.5 Å². The van der Waals surface area contributed by atoms with Gasteiger partial charge in [-0.3, -0.25) is 0 Å². The van der Waals surface area contributed by atoms with Gasteiger partial charge in [0.05, 0.1) is 24.9 Å². The molecule has 6 heteroatoms. The van der Waals surface area contributed by atoms with Gasteiger partial charge in [0, 0.05) is 6.07 Å². The van der Waals surface area contributed by atoms with E-state index in [1.165, 1.54) is 14.2 Å². The Labute approximate surface area is 123 Å². The summed E-state index contributed by atoms with van der Waals surface area (Å²) in [7, 11) is 3.02. The number of nitrogens with one attached hydrogen (secondary N) is 1. The maximum Gasteiger partial charge on any atom is 0.326 e. The molecule has 0 radical (unpaired) electrons. The molecule has 0 amide bonds. The van der Waals surface area contributed by atoms with Crippen molar-refractivity contribution in [1.29, 1.82) is 0 Å². The number of carboxylic acids is 1. The highest BCUT2D eigenvalue weighted by Gasteiger charge is 2.19. The van der Waals surface area contributed by atoms with Crippen molar-refractivity contribution in [3.63, 3.8) is 0 Å². The second-order valence-electron chi connectivity index (χ2n) is 4.36. The Bertz CT molecular complexity index is 465. The zero-order chi connectivity index (χ0) is 15.1. The molecule has 1 rings (SSSR count). The average Bonchev–Trinajstić information content (AvgIpc) is 2.43. The molecule has 0 bridgehead atoms. The van der Waals surface area contributed by atoms with Crippen molar-refractivity contribution in [1.82, 2.24) is 0 Å². The lowest BCUT2D eigenvalue weighted by molar-refractivity contribution is -0.138. The molecule has 5 nitrogen and oxygen atoms in total. The first-order valence-corrected chi connectivity index (χ1v) is 6.82. The van der Waals surface area contributed by atoms with Crippen LogP contribution >= 0.6 is 11.6 Å². The van der Waals surface area contributed by atoms with Gasteiger partial charge in [0.2, 0.25) is 0 Å². The van der Waals surface area contributed by atoms with Crippen molar-refractivity contribution in [2.24, 2.45) is 0 Å². The van der Waals surface area contributed by atoms with Crippen LogP contribution in [-0.2, 0) is 4.79 Å². The fourth-order valence-electron chi connectivity index (χ4n) is 1.83. The summed E-state index contributed by atoms with van der Waals surface area (Å²) in [6, 6.07) is 2.57. The summed E-state index contributed by atoms with van der Waals surface area (Å²) in [5.74, 6) is 0.0796. The van der Waals surface area contributed by atoms with E-state index in [0.29, 0.717) is 28.6 Å². The number of unbranched alkanes of at least 4 members (excludes halogenated alkanes) is 1. The predicted molar refractivity (Wildman–Crippen MR) is 79.1 cm³/mol. The Morgan fingerprint density at radius 1 is 1.35 bits per heavy atom. The molecule has 0 aliphatic rings. The molecule has 1 aromatic rings. The number of anilines is 1. The van der Waals surface area contributed by atoms with Crippen LogP contribution in [-0.4, -0.2) is 31.3 Å². The highest BCUT2D eigenvalue weighted by molar-refractivity contribution is 6.32. The number of halogens is 1. The fourth-order valence-corrected chi connectivity index (χ4v) is 2.07. The highest BCUT2D eigenvalue weighted by Crippen LogP contribution is 2.36. The van der Waals surface area contributed by atoms with E-state index in [1.807, 2.05) is 6.92 Å². The molecule has 1 aromatic carbocycles. The van der Waals surface area contributed by atoms with E-state index < -0.39 is 12.0 Å². The molecule has 0 aliphatic heterocycles. The number of methoxy groups -OCH3 is 2. The van der Waals surface area contributed by atoms with Crippen molar-refractivity contribution in [2.45, 2.75) is 32.2 Å². The second kappa shape index (κ2) is 7.85. The van der Waals surface area contributed by atoms with E-state index in [4.69, 9.17) is 21.1 Å². The lowest BCUT2D eigenvalue weighted by Crippen LogP contribution is -2.29. The van der Waals surface area contributed by atoms with Gasteiger partial charge < -0.3 is 19.9 Å². The molecule has 0 fully saturated rings. The third kappa shape index (κ3) is 4.20. The minimum atomic E-state index is -0.896. The summed E-state index contributed by atoms with van der Waals surface area (Å²) in [5, 5.41) is 12.6. The van der Waals surface area contributed by atoms with Crippen LogP contribution in [0.15, 0.2) is 12.1 Å². The van der Waals surface area contributed by atoms with Crippen LogP contribution in [0.3, 0.4) is 0 Å². The molecular formula is C14H20ClNO4. The summed E-state index contributed by atoms with van der Waals surface area (Å²) in [4.78, 5) is 11.3. The van der Waals surface area contributed by atoms with E-state index in [-0.39, 0.29) is 0 Å². The van der Waals surface area contributed by atoms with Crippen LogP contribution in [0.1, 0.15) is 26.2 Å². The molecule has 0 aromatic heterocycles. The van der Waals surface area contributed by atoms with Gasteiger partial charge in [0.25, 0.3) is 0 Å². The van der Waals surface area contributed by atoms with Crippen LogP contribution < -0.4 is 14.8 Å². The summed E-state index contributed by atoms with van der Waals surface area (Å²) >= 11 is 6.06. The Morgan fingerprint density at radius 2 is 2.00 bits per heavy atom. The number of hydrogen-bond donors (Lipinski definition) is 2. The van der Waals surface area contributed by atoms with E-state index in [2.05, 4.69) is 5.32 Å². The van der Waals surface area contributed by atoms with Gasteiger partial charge in [-0.15, -0.1) is 0 Å². The maximum absolute atomic E-state index is 11.3. The van der Waals surface area contributed by atoms with Crippen LogP contribution in [0.4, 0.5) is 5.69 Å². The smallest absolute Gasteiger partial charge is 0.326 e. The molecule has 0 saturated heterocycles. The zero-order valence-corrected chi connectivity index (χ0v) is 12.7. The number of aliphatic carboxylic acids is 1. The van der Waals surface area contributed by atoms with Gasteiger partial charge in [0.1, 0.15) is 17.5 Å². The standard InChI is InChI=1S/C14H20ClNO4/c1-4-5-6-10(14(17)18)16-11-7-9(15)12(19-2)8-13(11)20-3/h7-8,10,16H,4-6H2,1-3H3,(H,17,18). The molecule has 0 aliphatic carbocycles. The van der Waals surface area contributed by atoms with Crippen LogP contribution in [0.25, 0.3) is 0 Å². The predicted octanol–water partition coefficient (Wildman–Crippen LogP) is 3.41. The number of benzene rings is 1. The topological polar surface area (TPSA) is 67.8 Å². The Balaban J connectivity index is 2.99. The first kappa shape index (κ1) is 16.4. The number of rotatable bonds is 8. The van der Waals surface area contributed by atoms with Crippen molar-refractivity contribution in [3.8, 4) is 11.5 Å². The van der Waals surface area contributed by atoms with Crippen molar-refractivity contribution >= 4 is 23.3 Å². The Hall–Kier alpha value is -1.62. The van der Waals surface area contributed by atoms with Crippen molar-refractivity contribution < 1.29 is 19.4 Å². The largest absolute Gasteiger partial charge is 0.495 e. The molecule has 2 N–H and O–H groups in total. The van der Waals surface area contributed by atoms with Gasteiger partial charge in [-0.1, -0.05) is 31.4 Å². The Morgan fingerprint density at radius 3 is 2.50 bits per heavy atom. The summed E-state index contributed by atoms with van der Waals surface area (Å²) in [6.07, 6.45) is 2.31. The Kier molecular flexibility index (Phi) is 6.45. The van der Waals surface area contributed by atoms with Crippen molar-refractivity contribution in [3.05, 3.63) is 17.2 Å². The number of hydrogen-bond acceptors (Lipinski definition) is 4. The SMILES string of the molecule is CCCCC(Nc1cc(Cl)c(OC)cc1OC)C(=O)O. The third-order valence-corrected chi connectivity index (χ3v) is 3.24. The molecule has 112 valence electrons. The third-order valence-electron chi connectivity index (χ3n) is 2.95.